The Kier molecular flexibility index (Phi) is 6.70. The third-order valence-corrected chi connectivity index (χ3v) is 7.82. The van der Waals surface area contributed by atoms with Gasteiger partial charge in [-0.1, -0.05) is 29.8 Å². The first-order valence-electron chi connectivity index (χ1n) is 12.8. The zero-order valence-corrected chi connectivity index (χ0v) is 23.4. The lowest BCUT2D eigenvalue weighted by Crippen LogP contribution is -2.42. The average Bonchev–Trinajstić information content (AvgIpc) is 3.31. The van der Waals surface area contributed by atoms with Crippen LogP contribution in [-0.2, 0) is 31.2 Å². The van der Waals surface area contributed by atoms with Gasteiger partial charge in [0.15, 0.2) is 11.2 Å². The normalized spacial score (nSPS) is 16.1. The summed E-state index contributed by atoms with van der Waals surface area (Å²) in [6.07, 6.45) is 0.262. The number of hydrogen-bond donors (Lipinski definition) is 2. The first kappa shape index (κ1) is 27.1. The van der Waals surface area contributed by atoms with Crippen LogP contribution < -0.4 is 16.0 Å². The summed E-state index contributed by atoms with van der Waals surface area (Å²) in [5, 5.41) is 22.1. The van der Waals surface area contributed by atoms with Crippen molar-refractivity contribution in [1.82, 2.24) is 23.7 Å². The number of nitrogens with zero attached hydrogens (tertiary/aromatic N) is 5. The third kappa shape index (κ3) is 4.37. The van der Waals surface area contributed by atoms with Crippen LogP contribution in [0.15, 0.2) is 52.1 Å². The van der Waals surface area contributed by atoms with Crippen molar-refractivity contribution in [3.05, 3.63) is 85.0 Å². The van der Waals surface area contributed by atoms with E-state index in [1.165, 1.54) is 9.63 Å². The molecule has 0 fully saturated rings. The minimum atomic E-state index is -0.661. The van der Waals surface area contributed by atoms with Gasteiger partial charge in [0, 0.05) is 25.2 Å². The molecular weight excluding hydrogens is 522 g/mol. The van der Waals surface area contributed by atoms with Crippen molar-refractivity contribution >= 4 is 22.8 Å². The number of aliphatic hydroxyl groups excluding tert-OH is 1. The molecule has 3 heterocycles. The molecule has 0 bridgehead atoms. The van der Waals surface area contributed by atoms with Crippen molar-refractivity contribution in [3.8, 4) is 11.8 Å². The van der Waals surface area contributed by atoms with Crippen LogP contribution in [0.5, 0.6) is 11.8 Å². The molecule has 2 N–H and O–H groups in total. The fraction of sp³-hybridized carbons (Fsp3) is 0.393. The number of rotatable bonds is 7. The summed E-state index contributed by atoms with van der Waals surface area (Å²) in [6.45, 7) is 7.94. The Morgan fingerprint density at radius 3 is 2.31 bits per heavy atom. The number of hydroxylamine groups is 2. The van der Waals surface area contributed by atoms with E-state index >= 15 is 0 Å². The van der Waals surface area contributed by atoms with Gasteiger partial charge in [-0.3, -0.25) is 18.5 Å². The number of benzene rings is 2. The molecule has 0 spiro atoms. The smallest absolute Gasteiger partial charge is 0.332 e. The molecule has 0 saturated carbocycles. The van der Waals surface area contributed by atoms with Gasteiger partial charge in [-0.25, -0.2) is 4.79 Å². The maximum absolute atomic E-state index is 13.6. The molecule has 11 heteroatoms. The fourth-order valence-electron chi connectivity index (χ4n) is 5.43. The predicted octanol–water partition coefficient (Wildman–Crippen LogP) is 3.95. The Labute approximate surface area is 230 Å². The summed E-state index contributed by atoms with van der Waals surface area (Å²) in [4.78, 5) is 31.2. The molecule has 5 rings (SSSR count). The van der Waals surface area contributed by atoms with Crippen LogP contribution in [0.25, 0.3) is 11.2 Å². The van der Waals surface area contributed by atoms with E-state index in [1.54, 1.807) is 29.8 Å². The molecule has 1 aliphatic heterocycles. The van der Waals surface area contributed by atoms with E-state index in [2.05, 4.69) is 4.98 Å². The van der Waals surface area contributed by atoms with Crippen molar-refractivity contribution in [2.75, 3.05) is 6.61 Å². The Hall–Kier alpha value is -3.44. The summed E-state index contributed by atoms with van der Waals surface area (Å²) >= 11 is 6.08. The predicted molar refractivity (Wildman–Crippen MR) is 148 cm³/mol. The van der Waals surface area contributed by atoms with E-state index in [0.29, 0.717) is 10.8 Å². The number of halogens is 1. The maximum atomic E-state index is 13.6. The second-order valence-electron chi connectivity index (χ2n) is 10.9. The number of aliphatic hydroxyl groups is 1. The highest BCUT2D eigenvalue weighted by Gasteiger charge is 2.49. The molecule has 4 aromatic rings. The quantitative estimate of drug-likeness (QED) is 0.356. The average molecular weight is 554 g/mol. The Morgan fingerprint density at radius 1 is 0.974 bits per heavy atom. The van der Waals surface area contributed by atoms with Crippen LogP contribution in [0, 0.1) is 0 Å². The molecule has 0 saturated heterocycles. The van der Waals surface area contributed by atoms with Gasteiger partial charge in [0.25, 0.3) is 5.56 Å². The van der Waals surface area contributed by atoms with Crippen LogP contribution in [0.4, 0.5) is 0 Å². The zero-order chi connectivity index (χ0) is 28.3. The number of ether oxygens (including phenoxy) is 1. The highest BCUT2D eigenvalue weighted by atomic mass is 35.5. The zero-order valence-electron chi connectivity index (χ0n) is 22.6. The van der Waals surface area contributed by atoms with Crippen molar-refractivity contribution in [1.29, 1.82) is 0 Å². The SMILES string of the molecule is Cn1c(=O)n(CCCO)c(=O)c2c1nc(Oc1ccc3c(c1)C(C)(C)N(O)C3(C)C)n2Cc1ccc(Cl)cc1. The van der Waals surface area contributed by atoms with E-state index < -0.39 is 22.3 Å². The third-order valence-electron chi connectivity index (χ3n) is 7.57. The van der Waals surface area contributed by atoms with Crippen LogP contribution >= 0.6 is 11.6 Å². The minimum absolute atomic E-state index is 0.0770. The lowest BCUT2D eigenvalue weighted by molar-refractivity contribution is -0.216. The molecular formula is C28H32ClN5O5. The molecule has 0 radical (unpaired) electrons. The van der Waals surface area contributed by atoms with Gasteiger partial charge in [0.2, 0.25) is 0 Å². The van der Waals surface area contributed by atoms with Crippen molar-refractivity contribution in [2.24, 2.45) is 7.05 Å². The molecule has 2 aromatic heterocycles. The van der Waals surface area contributed by atoms with Crippen LogP contribution in [-0.4, -0.2) is 40.7 Å². The van der Waals surface area contributed by atoms with Crippen molar-refractivity contribution in [3.63, 3.8) is 0 Å². The molecule has 0 unspecified atom stereocenters. The maximum Gasteiger partial charge on any atom is 0.332 e. The molecule has 2 aromatic carbocycles. The fourth-order valence-corrected chi connectivity index (χ4v) is 5.56. The number of fused-ring (bicyclic) bond motifs is 2. The van der Waals surface area contributed by atoms with Gasteiger partial charge >= 0.3 is 11.7 Å². The summed E-state index contributed by atoms with van der Waals surface area (Å²) < 4.78 is 10.4. The molecule has 0 amide bonds. The van der Waals surface area contributed by atoms with Gasteiger partial charge in [0.1, 0.15) is 5.75 Å². The Morgan fingerprint density at radius 2 is 1.64 bits per heavy atom. The van der Waals surface area contributed by atoms with Gasteiger partial charge in [0.05, 0.1) is 17.6 Å². The van der Waals surface area contributed by atoms with Crippen molar-refractivity contribution in [2.45, 2.75) is 58.3 Å². The highest BCUT2D eigenvalue weighted by Crippen LogP contribution is 2.49. The molecule has 0 atom stereocenters. The van der Waals surface area contributed by atoms with E-state index in [-0.39, 0.29) is 43.3 Å². The molecule has 0 aliphatic carbocycles. The van der Waals surface area contributed by atoms with Gasteiger partial charge in [-0.15, -0.1) is 0 Å². The molecule has 206 valence electrons. The topological polar surface area (TPSA) is 115 Å². The summed E-state index contributed by atoms with van der Waals surface area (Å²) in [7, 11) is 1.55. The van der Waals surface area contributed by atoms with Crippen LogP contribution in [0.2, 0.25) is 5.02 Å². The summed E-state index contributed by atoms with van der Waals surface area (Å²) in [6, 6.07) is 13.0. The summed E-state index contributed by atoms with van der Waals surface area (Å²) in [5.74, 6) is 0.478. The lowest BCUT2D eigenvalue weighted by Gasteiger charge is -2.34. The minimum Gasteiger partial charge on any atom is -0.425 e. The van der Waals surface area contributed by atoms with Gasteiger partial charge in [-0.05, 0) is 75.1 Å². The first-order chi connectivity index (χ1) is 18.4. The van der Waals surface area contributed by atoms with E-state index in [4.69, 9.17) is 16.3 Å². The standard InChI is InChI=1S/C28H32ClN5O5/c1-27(2)20-12-11-19(15-21(20)28(3,4)34(27)38)39-25-30-23-22(33(25)16-17-7-9-18(29)10-8-17)24(36)32(13-6-14-35)26(37)31(23)5/h7-12,15,35,38H,6,13-14,16H2,1-5H3. The largest absolute Gasteiger partial charge is 0.425 e. The van der Waals surface area contributed by atoms with Crippen molar-refractivity contribution < 1.29 is 15.1 Å². The molecule has 1 aliphatic rings. The van der Waals surface area contributed by atoms with E-state index in [9.17, 15) is 19.9 Å². The Balaban J connectivity index is 1.68. The molecule has 39 heavy (non-hydrogen) atoms. The lowest BCUT2D eigenvalue weighted by atomic mass is 9.90. The van der Waals surface area contributed by atoms with Crippen LogP contribution in [0.1, 0.15) is 50.8 Å². The number of imidazole rings is 1. The Bertz CT molecular complexity index is 1680. The van der Waals surface area contributed by atoms with E-state index in [1.807, 2.05) is 52.0 Å². The number of aryl methyl sites for hydroxylation is 1. The van der Waals surface area contributed by atoms with E-state index in [0.717, 1.165) is 21.3 Å². The highest BCUT2D eigenvalue weighted by molar-refractivity contribution is 6.30. The second kappa shape index (κ2) is 9.63. The first-order valence-corrected chi connectivity index (χ1v) is 13.1. The number of aromatic nitrogens is 4. The summed E-state index contributed by atoms with van der Waals surface area (Å²) in [5.41, 5.74) is 0.869. The van der Waals surface area contributed by atoms with Gasteiger partial charge in [-0.2, -0.15) is 10.0 Å². The number of hydrogen-bond acceptors (Lipinski definition) is 7. The van der Waals surface area contributed by atoms with Gasteiger partial charge < -0.3 is 15.1 Å². The molecule has 10 nitrogen and oxygen atoms in total. The van der Waals surface area contributed by atoms with Crippen LogP contribution in [0.3, 0.4) is 0 Å². The monoisotopic (exact) mass is 553 g/mol. The second-order valence-corrected chi connectivity index (χ2v) is 11.3.